The number of nitrogens with zero attached hydrogens (tertiary/aromatic N) is 4. The standard InChI is InChI=1S/C16H14F3N5/c17-16(18,19)14-4-5-15(23-22-14)21-9-12-2-1-3-13(8-12)10-24-7-6-20-11-24/h1-8,11H,9-10H2,(H,21,23). The highest BCUT2D eigenvalue weighted by Gasteiger charge is 2.32. The Morgan fingerprint density at radius 2 is 1.88 bits per heavy atom. The normalized spacial score (nSPS) is 11.5. The Morgan fingerprint density at radius 1 is 1.04 bits per heavy atom. The number of alkyl halides is 3. The van der Waals surface area contributed by atoms with E-state index in [-0.39, 0.29) is 0 Å². The maximum absolute atomic E-state index is 12.4. The summed E-state index contributed by atoms with van der Waals surface area (Å²) in [7, 11) is 0. The van der Waals surface area contributed by atoms with Gasteiger partial charge >= 0.3 is 6.18 Å². The Labute approximate surface area is 136 Å². The first-order valence-electron chi connectivity index (χ1n) is 7.19. The van der Waals surface area contributed by atoms with Gasteiger partial charge in [0.2, 0.25) is 0 Å². The smallest absolute Gasteiger partial charge is 0.365 e. The number of anilines is 1. The first-order valence-corrected chi connectivity index (χ1v) is 7.19. The van der Waals surface area contributed by atoms with Gasteiger partial charge in [-0.05, 0) is 23.3 Å². The molecule has 0 bridgehead atoms. The van der Waals surface area contributed by atoms with E-state index < -0.39 is 11.9 Å². The van der Waals surface area contributed by atoms with Crippen molar-refractivity contribution in [3.05, 3.63) is 71.9 Å². The molecule has 0 radical (unpaired) electrons. The number of rotatable bonds is 5. The number of aromatic nitrogens is 4. The van der Waals surface area contributed by atoms with Crippen LogP contribution in [0.2, 0.25) is 0 Å². The molecule has 0 atom stereocenters. The summed E-state index contributed by atoms with van der Waals surface area (Å²) in [5, 5.41) is 9.70. The lowest BCUT2D eigenvalue weighted by atomic mass is 10.1. The van der Waals surface area contributed by atoms with Gasteiger partial charge in [0.25, 0.3) is 0 Å². The molecule has 0 fully saturated rings. The van der Waals surface area contributed by atoms with Gasteiger partial charge in [-0.25, -0.2) is 4.98 Å². The Bertz CT molecular complexity index is 782. The molecule has 3 aromatic rings. The highest BCUT2D eigenvalue weighted by atomic mass is 19.4. The zero-order valence-corrected chi connectivity index (χ0v) is 12.5. The van der Waals surface area contributed by atoms with Crippen molar-refractivity contribution in [3.63, 3.8) is 0 Å². The molecular weight excluding hydrogens is 319 g/mol. The molecule has 1 aromatic carbocycles. The van der Waals surface area contributed by atoms with Crippen LogP contribution in [0.1, 0.15) is 16.8 Å². The minimum Gasteiger partial charge on any atom is -0.365 e. The van der Waals surface area contributed by atoms with Gasteiger partial charge in [-0.3, -0.25) is 0 Å². The zero-order valence-electron chi connectivity index (χ0n) is 12.5. The van der Waals surface area contributed by atoms with Gasteiger partial charge in [0.1, 0.15) is 5.82 Å². The van der Waals surface area contributed by atoms with Crippen molar-refractivity contribution in [1.29, 1.82) is 0 Å². The molecule has 0 saturated carbocycles. The van der Waals surface area contributed by atoms with E-state index in [1.165, 1.54) is 6.07 Å². The van der Waals surface area contributed by atoms with E-state index in [0.29, 0.717) is 18.9 Å². The molecule has 0 aliphatic heterocycles. The second kappa shape index (κ2) is 6.69. The van der Waals surface area contributed by atoms with Crippen LogP contribution in [0.3, 0.4) is 0 Å². The van der Waals surface area contributed by atoms with E-state index in [0.717, 1.165) is 17.2 Å². The molecule has 0 amide bonds. The summed E-state index contributed by atoms with van der Waals surface area (Å²) in [4.78, 5) is 4.00. The maximum Gasteiger partial charge on any atom is 0.435 e. The topological polar surface area (TPSA) is 55.6 Å². The van der Waals surface area contributed by atoms with E-state index in [2.05, 4.69) is 20.5 Å². The van der Waals surface area contributed by atoms with E-state index in [1.807, 2.05) is 35.0 Å². The Hall–Kier alpha value is -2.90. The van der Waals surface area contributed by atoms with Gasteiger partial charge in [-0.1, -0.05) is 24.3 Å². The molecule has 5 nitrogen and oxygen atoms in total. The molecule has 24 heavy (non-hydrogen) atoms. The second-order valence-corrected chi connectivity index (χ2v) is 5.21. The van der Waals surface area contributed by atoms with Crippen molar-refractivity contribution >= 4 is 5.82 Å². The van der Waals surface area contributed by atoms with Crippen LogP contribution in [-0.2, 0) is 19.3 Å². The van der Waals surface area contributed by atoms with Crippen LogP contribution in [0, 0.1) is 0 Å². The summed E-state index contributed by atoms with van der Waals surface area (Å²) < 4.78 is 39.3. The lowest BCUT2D eigenvalue weighted by Crippen LogP contribution is -2.10. The van der Waals surface area contributed by atoms with Crippen molar-refractivity contribution < 1.29 is 13.2 Å². The van der Waals surface area contributed by atoms with Crippen molar-refractivity contribution in [2.75, 3.05) is 5.32 Å². The highest BCUT2D eigenvalue weighted by Crippen LogP contribution is 2.27. The fourth-order valence-electron chi connectivity index (χ4n) is 2.20. The molecule has 2 heterocycles. The summed E-state index contributed by atoms with van der Waals surface area (Å²) in [6, 6.07) is 10.1. The van der Waals surface area contributed by atoms with Crippen LogP contribution in [0.4, 0.5) is 19.0 Å². The van der Waals surface area contributed by atoms with Crippen LogP contribution in [0.25, 0.3) is 0 Å². The van der Waals surface area contributed by atoms with Crippen molar-refractivity contribution in [1.82, 2.24) is 19.7 Å². The lowest BCUT2D eigenvalue weighted by molar-refractivity contribution is -0.141. The second-order valence-electron chi connectivity index (χ2n) is 5.21. The number of benzene rings is 1. The lowest BCUT2D eigenvalue weighted by Gasteiger charge is -2.09. The minimum absolute atomic E-state index is 0.294. The van der Waals surface area contributed by atoms with Gasteiger partial charge < -0.3 is 9.88 Å². The molecule has 0 saturated heterocycles. The van der Waals surface area contributed by atoms with Crippen LogP contribution in [0.5, 0.6) is 0 Å². The van der Waals surface area contributed by atoms with E-state index >= 15 is 0 Å². The average molecular weight is 333 g/mol. The Kier molecular flexibility index (Phi) is 4.45. The van der Waals surface area contributed by atoms with Crippen molar-refractivity contribution in [3.8, 4) is 0 Å². The highest BCUT2D eigenvalue weighted by molar-refractivity contribution is 5.35. The van der Waals surface area contributed by atoms with Gasteiger partial charge in [0.15, 0.2) is 5.69 Å². The maximum atomic E-state index is 12.4. The predicted octanol–water partition coefficient (Wildman–Crippen LogP) is 3.35. The molecule has 1 N–H and O–H groups in total. The van der Waals surface area contributed by atoms with Gasteiger partial charge in [0.05, 0.1) is 6.33 Å². The molecule has 0 unspecified atom stereocenters. The Morgan fingerprint density at radius 3 is 2.54 bits per heavy atom. The average Bonchev–Trinajstić information content (AvgIpc) is 3.06. The summed E-state index contributed by atoms with van der Waals surface area (Å²) in [5.74, 6) is 0.294. The molecule has 0 spiro atoms. The molecule has 124 valence electrons. The summed E-state index contributed by atoms with van der Waals surface area (Å²) in [6.07, 6.45) is 0.854. The molecule has 8 heteroatoms. The minimum atomic E-state index is -4.48. The number of hydrogen-bond donors (Lipinski definition) is 1. The third-order valence-electron chi connectivity index (χ3n) is 3.34. The molecule has 3 rings (SSSR count). The van der Waals surface area contributed by atoms with E-state index in [9.17, 15) is 13.2 Å². The molecule has 0 aliphatic carbocycles. The number of nitrogens with one attached hydrogen (secondary N) is 1. The number of hydrogen-bond acceptors (Lipinski definition) is 4. The van der Waals surface area contributed by atoms with Crippen LogP contribution in [0.15, 0.2) is 55.1 Å². The number of imidazole rings is 1. The van der Waals surface area contributed by atoms with Gasteiger partial charge in [0, 0.05) is 25.5 Å². The molecule has 2 aromatic heterocycles. The van der Waals surface area contributed by atoms with Gasteiger partial charge in [-0.2, -0.15) is 13.2 Å². The summed E-state index contributed by atoms with van der Waals surface area (Å²) >= 11 is 0. The molecular formula is C16H14F3N5. The fourth-order valence-corrected chi connectivity index (χ4v) is 2.20. The third-order valence-corrected chi connectivity index (χ3v) is 3.34. The van der Waals surface area contributed by atoms with Crippen LogP contribution < -0.4 is 5.32 Å². The number of halogens is 3. The summed E-state index contributed by atoms with van der Waals surface area (Å²) in [6.45, 7) is 1.14. The van der Waals surface area contributed by atoms with Crippen LogP contribution >= 0.6 is 0 Å². The van der Waals surface area contributed by atoms with E-state index in [1.54, 1.807) is 12.5 Å². The first kappa shape index (κ1) is 16.0. The monoisotopic (exact) mass is 333 g/mol. The quantitative estimate of drug-likeness (QED) is 0.778. The van der Waals surface area contributed by atoms with E-state index in [4.69, 9.17) is 0 Å². The van der Waals surface area contributed by atoms with Gasteiger partial charge in [-0.15, -0.1) is 10.2 Å². The largest absolute Gasteiger partial charge is 0.435 e. The van der Waals surface area contributed by atoms with Crippen molar-refractivity contribution in [2.45, 2.75) is 19.3 Å². The summed E-state index contributed by atoms with van der Waals surface area (Å²) in [5.41, 5.74) is 1.09. The Balaban J connectivity index is 1.62. The third kappa shape index (κ3) is 4.09. The SMILES string of the molecule is FC(F)(F)c1ccc(NCc2cccc(Cn3ccnc3)c2)nn1. The molecule has 0 aliphatic rings. The van der Waals surface area contributed by atoms with Crippen LogP contribution in [-0.4, -0.2) is 19.7 Å². The van der Waals surface area contributed by atoms with Crippen molar-refractivity contribution in [2.24, 2.45) is 0 Å². The fraction of sp³-hybridized carbons (Fsp3) is 0.188. The first-order chi connectivity index (χ1) is 11.5. The predicted molar refractivity (Wildman–Crippen MR) is 82.1 cm³/mol. The zero-order chi connectivity index (χ0) is 17.0.